The van der Waals surface area contributed by atoms with Crippen LogP contribution < -0.4 is 0 Å². The number of carbonyl (C=O) groups is 1. The molecule has 0 unspecified atom stereocenters. The van der Waals surface area contributed by atoms with E-state index in [0.29, 0.717) is 6.54 Å². The van der Waals surface area contributed by atoms with Crippen LogP contribution >= 0.6 is 0 Å². The Morgan fingerprint density at radius 3 is 2.67 bits per heavy atom. The van der Waals surface area contributed by atoms with Gasteiger partial charge in [0.15, 0.2) is 0 Å². The van der Waals surface area contributed by atoms with E-state index in [4.69, 9.17) is 0 Å². The third-order valence-corrected chi connectivity index (χ3v) is 4.08. The lowest BCUT2D eigenvalue weighted by Crippen LogP contribution is -2.23. The molecule has 0 radical (unpaired) electrons. The maximum absolute atomic E-state index is 11.5. The van der Waals surface area contributed by atoms with Gasteiger partial charge in [-0.15, -0.1) is 0 Å². The monoisotopic (exact) mass is 285 g/mol. The lowest BCUT2D eigenvalue weighted by Gasteiger charge is -2.15. The first kappa shape index (κ1) is 13.8. The number of nitrogens with zero attached hydrogens (tertiary/aromatic N) is 3. The normalized spacial score (nSPS) is 22.5. The predicted octanol–water partition coefficient (Wildman–Crippen LogP) is 1.72. The van der Waals surface area contributed by atoms with Crippen molar-refractivity contribution in [2.24, 2.45) is 13.0 Å². The average molecular weight is 285 g/mol. The summed E-state index contributed by atoms with van der Waals surface area (Å²) in [7, 11) is 1.86. The Kier molecular flexibility index (Phi) is 3.75. The third kappa shape index (κ3) is 2.97. The number of benzene rings is 1. The van der Waals surface area contributed by atoms with Crippen molar-refractivity contribution >= 4 is 5.97 Å². The number of carboxylic acids is 1. The van der Waals surface area contributed by atoms with Crippen molar-refractivity contribution in [3.05, 3.63) is 53.9 Å². The van der Waals surface area contributed by atoms with E-state index in [1.807, 2.05) is 37.5 Å². The Hall–Kier alpha value is -2.14. The molecule has 110 valence electrons. The molecule has 1 aromatic heterocycles. The number of hydrogen-bond acceptors (Lipinski definition) is 3. The maximum atomic E-state index is 11.5. The molecule has 0 saturated carbocycles. The second kappa shape index (κ2) is 5.69. The van der Waals surface area contributed by atoms with Gasteiger partial charge in [0.2, 0.25) is 0 Å². The number of aromatic nitrogens is 2. The molecule has 2 aromatic rings. The van der Waals surface area contributed by atoms with Crippen molar-refractivity contribution < 1.29 is 9.90 Å². The van der Waals surface area contributed by atoms with Crippen LogP contribution in [0.3, 0.4) is 0 Å². The zero-order valence-corrected chi connectivity index (χ0v) is 12.0. The number of carboxylic acid groups (broad SMARTS) is 1. The van der Waals surface area contributed by atoms with Crippen LogP contribution in [0.15, 0.2) is 42.6 Å². The van der Waals surface area contributed by atoms with Gasteiger partial charge in [0.1, 0.15) is 0 Å². The van der Waals surface area contributed by atoms with Crippen LogP contribution in [0.4, 0.5) is 0 Å². The zero-order chi connectivity index (χ0) is 14.8. The second-order valence-corrected chi connectivity index (χ2v) is 5.65. The minimum Gasteiger partial charge on any atom is -0.481 e. The summed E-state index contributed by atoms with van der Waals surface area (Å²) >= 11 is 0. The van der Waals surface area contributed by atoms with Gasteiger partial charge in [-0.25, -0.2) is 0 Å². The zero-order valence-electron chi connectivity index (χ0n) is 12.0. The van der Waals surface area contributed by atoms with Crippen molar-refractivity contribution in [2.75, 3.05) is 13.1 Å². The summed E-state index contributed by atoms with van der Waals surface area (Å²) in [5, 5.41) is 13.9. The van der Waals surface area contributed by atoms with Crippen molar-refractivity contribution in [2.45, 2.75) is 12.5 Å². The van der Waals surface area contributed by atoms with Gasteiger partial charge in [0.05, 0.1) is 11.6 Å². The summed E-state index contributed by atoms with van der Waals surface area (Å²) < 4.78 is 1.73. The molecule has 1 aliphatic rings. The molecule has 3 rings (SSSR count). The molecule has 1 aliphatic heterocycles. The van der Waals surface area contributed by atoms with Crippen LogP contribution in [0.5, 0.6) is 0 Å². The molecule has 1 aromatic carbocycles. The summed E-state index contributed by atoms with van der Waals surface area (Å²) in [6, 6.07) is 12.1. The number of aliphatic carboxylic acids is 1. The van der Waals surface area contributed by atoms with Gasteiger partial charge >= 0.3 is 5.97 Å². The van der Waals surface area contributed by atoms with E-state index >= 15 is 0 Å². The molecule has 0 spiro atoms. The van der Waals surface area contributed by atoms with Gasteiger partial charge in [-0.05, 0) is 11.6 Å². The predicted molar refractivity (Wildman–Crippen MR) is 78.8 cm³/mol. The first-order chi connectivity index (χ1) is 10.1. The molecule has 0 aliphatic carbocycles. The van der Waals surface area contributed by atoms with Gasteiger partial charge < -0.3 is 5.11 Å². The van der Waals surface area contributed by atoms with E-state index in [0.717, 1.165) is 18.8 Å². The molecule has 21 heavy (non-hydrogen) atoms. The van der Waals surface area contributed by atoms with Crippen LogP contribution in [0.2, 0.25) is 0 Å². The van der Waals surface area contributed by atoms with Crippen molar-refractivity contribution in [3.63, 3.8) is 0 Å². The highest BCUT2D eigenvalue weighted by Gasteiger charge is 2.39. The number of likely N-dealkylation sites (tertiary alicyclic amines) is 1. The largest absolute Gasteiger partial charge is 0.481 e. The Morgan fingerprint density at radius 1 is 1.29 bits per heavy atom. The van der Waals surface area contributed by atoms with E-state index in [2.05, 4.69) is 22.1 Å². The molecule has 5 heteroatoms. The van der Waals surface area contributed by atoms with E-state index in [-0.39, 0.29) is 11.8 Å². The third-order valence-electron chi connectivity index (χ3n) is 4.08. The molecule has 2 atom stereocenters. The van der Waals surface area contributed by atoms with Gasteiger partial charge in [0.25, 0.3) is 0 Å². The van der Waals surface area contributed by atoms with E-state index in [1.165, 1.54) is 5.56 Å². The van der Waals surface area contributed by atoms with Gasteiger partial charge in [-0.3, -0.25) is 14.4 Å². The van der Waals surface area contributed by atoms with E-state index < -0.39 is 5.97 Å². The second-order valence-electron chi connectivity index (χ2n) is 5.65. The van der Waals surface area contributed by atoms with E-state index in [1.54, 1.807) is 4.68 Å². The van der Waals surface area contributed by atoms with Crippen LogP contribution in [0.25, 0.3) is 0 Å². The Labute approximate surface area is 123 Å². The fourth-order valence-electron chi connectivity index (χ4n) is 3.04. The summed E-state index contributed by atoms with van der Waals surface area (Å²) in [4.78, 5) is 13.7. The lowest BCUT2D eigenvalue weighted by molar-refractivity contribution is -0.141. The molecule has 5 nitrogen and oxygen atoms in total. The van der Waals surface area contributed by atoms with Crippen molar-refractivity contribution in [3.8, 4) is 0 Å². The van der Waals surface area contributed by atoms with E-state index in [9.17, 15) is 9.90 Å². The number of rotatable bonds is 4. The molecule has 1 saturated heterocycles. The number of hydrogen-bond donors (Lipinski definition) is 1. The maximum Gasteiger partial charge on any atom is 0.308 e. The quantitative estimate of drug-likeness (QED) is 0.929. The molecule has 1 N–H and O–H groups in total. The number of aryl methyl sites for hydroxylation is 1. The summed E-state index contributed by atoms with van der Waals surface area (Å²) in [5.41, 5.74) is 2.09. The summed E-state index contributed by atoms with van der Waals surface area (Å²) in [6.45, 7) is 2.10. The molecular formula is C16H19N3O2. The highest BCUT2D eigenvalue weighted by Crippen LogP contribution is 2.32. The topological polar surface area (TPSA) is 58.4 Å². The molecule has 0 amide bonds. The van der Waals surface area contributed by atoms with Crippen LogP contribution in [0.1, 0.15) is 17.2 Å². The standard InChI is InChI=1S/C16H19N3O2/c1-18-8-7-15(17-18)13-10-19(11-14(13)16(20)21)9-12-5-3-2-4-6-12/h2-8,13-14H,9-11H2,1H3,(H,20,21)/t13-,14-/m1/s1. The van der Waals surface area contributed by atoms with Gasteiger partial charge in [-0.1, -0.05) is 30.3 Å². The fraction of sp³-hybridized carbons (Fsp3) is 0.375. The Bertz CT molecular complexity index is 623. The molecular weight excluding hydrogens is 266 g/mol. The summed E-state index contributed by atoms with van der Waals surface area (Å²) in [6.07, 6.45) is 1.87. The Morgan fingerprint density at radius 2 is 2.05 bits per heavy atom. The minimum atomic E-state index is -0.735. The first-order valence-corrected chi connectivity index (χ1v) is 7.12. The molecule has 2 heterocycles. The van der Waals surface area contributed by atoms with Crippen LogP contribution in [0, 0.1) is 5.92 Å². The average Bonchev–Trinajstić information content (AvgIpc) is 3.06. The lowest BCUT2D eigenvalue weighted by atomic mass is 9.93. The highest BCUT2D eigenvalue weighted by atomic mass is 16.4. The first-order valence-electron chi connectivity index (χ1n) is 7.12. The molecule has 0 bridgehead atoms. The minimum absolute atomic E-state index is 0.0348. The fourth-order valence-corrected chi connectivity index (χ4v) is 3.04. The van der Waals surface area contributed by atoms with Crippen molar-refractivity contribution in [1.82, 2.24) is 14.7 Å². The van der Waals surface area contributed by atoms with Crippen molar-refractivity contribution in [1.29, 1.82) is 0 Å². The molecule has 1 fully saturated rings. The smallest absolute Gasteiger partial charge is 0.308 e. The van der Waals surface area contributed by atoms with Crippen LogP contribution in [-0.2, 0) is 18.4 Å². The Balaban J connectivity index is 1.76. The van der Waals surface area contributed by atoms with Gasteiger partial charge in [-0.2, -0.15) is 5.10 Å². The van der Waals surface area contributed by atoms with Gasteiger partial charge in [0, 0.05) is 38.8 Å². The van der Waals surface area contributed by atoms with Crippen LogP contribution in [-0.4, -0.2) is 38.8 Å². The summed E-state index contributed by atoms with van der Waals surface area (Å²) in [5.74, 6) is -1.16. The highest BCUT2D eigenvalue weighted by molar-refractivity contribution is 5.72. The SMILES string of the molecule is Cn1ccc([C@@H]2CN(Cc3ccccc3)C[C@H]2C(=O)O)n1.